The predicted octanol–water partition coefficient (Wildman–Crippen LogP) is 1.27. The highest BCUT2D eigenvalue weighted by molar-refractivity contribution is 5.70. The van der Waals surface area contributed by atoms with E-state index in [4.69, 9.17) is 9.84 Å². The van der Waals surface area contributed by atoms with Gasteiger partial charge in [0.15, 0.2) is 0 Å². The van der Waals surface area contributed by atoms with E-state index in [2.05, 4.69) is 5.32 Å². The summed E-state index contributed by atoms with van der Waals surface area (Å²) in [6.45, 7) is 1.68. The molecule has 0 bridgehead atoms. The molecule has 0 aromatic heterocycles. The van der Waals surface area contributed by atoms with Crippen LogP contribution in [0, 0.1) is 5.92 Å². The summed E-state index contributed by atoms with van der Waals surface area (Å²) in [4.78, 5) is 10.9. The Morgan fingerprint density at radius 1 is 1.35 bits per heavy atom. The molecule has 1 aliphatic heterocycles. The van der Waals surface area contributed by atoms with Crippen molar-refractivity contribution in [2.24, 2.45) is 5.92 Å². The summed E-state index contributed by atoms with van der Waals surface area (Å²) < 4.78 is 5.30. The van der Waals surface area contributed by atoms with E-state index in [0.717, 1.165) is 6.54 Å². The van der Waals surface area contributed by atoms with E-state index in [-0.39, 0.29) is 12.0 Å². The summed E-state index contributed by atoms with van der Waals surface area (Å²) in [7, 11) is 0. The first kappa shape index (κ1) is 12.1. The summed E-state index contributed by atoms with van der Waals surface area (Å²) in [5.41, 5.74) is 1.20. The molecule has 0 radical (unpaired) electrons. The van der Waals surface area contributed by atoms with Crippen LogP contribution in [0.1, 0.15) is 12.0 Å². The SMILES string of the molecule is O=C(O)[C@H]1COC[C@H](NCc2ccccc2)C1. The van der Waals surface area contributed by atoms with Gasteiger partial charge in [-0.05, 0) is 12.0 Å². The van der Waals surface area contributed by atoms with Crippen LogP contribution in [0.25, 0.3) is 0 Å². The van der Waals surface area contributed by atoms with Crippen molar-refractivity contribution in [2.75, 3.05) is 13.2 Å². The first-order valence-electron chi connectivity index (χ1n) is 5.83. The first-order chi connectivity index (χ1) is 8.25. The van der Waals surface area contributed by atoms with Gasteiger partial charge in [-0.1, -0.05) is 30.3 Å². The average molecular weight is 235 g/mol. The van der Waals surface area contributed by atoms with Crippen LogP contribution in [-0.4, -0.2) is 30.3 Å². The van der Waals surface area contributed by atoms with Crippen molar-refractivity contribution in [3.05, 3.63) is 35.9 Å². The van der Waals surface area contributed by atoms with E-state index in [0.29, 0.717) is 19.6 Å². The molecule has 1 aromatic rings. The quantitative estimate of drug-likeness (QED) is 0.825. The highest BCUT2D eigenvalue weighted by Crippen LogP contribution is 2.15. The summed E-state index contributed by atoms with van der Waals surface area (Å²) in [5.74, 6) is -1.15. The zero-order valence-corrected chi connectivity index (χ0v) is 9.63. The molecule has 0 amide bonds. The molecular formula is C13H17NO3. The highest BCUT2D eigenvalue weighted by atomic mass is 16.5. The van der Waals surface area contributed by atoms with Crippen LogP contribution in [0.5, 0.6) is 0 Å². The maximum absolute atomic E-state index is 10.9. The Morgan fingerprint density at radius 3 is 2.82 bits per heavy atom. The maximum atomic E-state index is 10.9. The fraction of sp³-hybridized carbons (Fsp3) is 0.462. The molecule has 0 spiro atoms. The van der Waals surface area contributed by atoms with Gasteiger partial charge in [0, 0.05) is 12.6 Å². The Hall–Kier alpha value is -1.39. The smallest absolute Gasteiger partial charge is 0.308 e. The molecule has 2 atom stereocenters. The Morgan fingerprint density at radius 2 is 2.12 bits per heavy atom. The molecule has 0 unspecified atom stereocenters. The van der Waals surface area contributed by atoms with Crippen molar-refractivity contribution in [3.63, 3.8) is 0 Å². The number of carboxylic acid groups (broad SMARTS) is 1. The second-order valence-corrected chi connectivity index (χ2v) is 4.37. The van der Waals surface area contributed by atoms with Gasteiger partial charge in [-0.2, -0.15) is 0 Å². The molecule has 17 heavy (non-hydrogen) atoms. The Labute approximate surface area is 101 Å². The van der Waals surface area contributed by atoms with Crippen molar-refractivity contribution in [1.29, 1.82) is 0 Å². The normalized spacial score (nSPS) is 24.5. The van der Waals surface area contributed by atoms with E-state index >= 15 is 0 Å². The van der Waals surface area contributed by atoms with Crippen molar-refractivity contribution in [1.82, 2.24) is 5.32 Å². The van der Waals surface area contributed by atoms with Gasteiger partial charge in [0.05, 0.1) is 19.1 Å². The molecule has 1 aromatic carbocycles. The van der Waals surface area contributed by atoms with E-state index in [1.807, 2.05) is 30.3 Å². The van der Waals surface area contributed by atoms with Gasteiger partial charge in [0.2, 0.25) is 0 Å². The third kappa shape index (κ3) is 3.54. The third-order valence-electron chi connectivity index (χ3n) is 2.99. The summed E-state index contributed by atoms with van der Waals surface area (Å²) in [6.07, 6.45) is 0.641. The molecule has 1 aliphatic rings. The van der Waals surface area contributed by atoms with Gasteiger partial charge in [-0.3, -0.25) is 4.79 Å². The lowest BCUT2D eigenvalue weighted by Gasteiger charge is -2.27. The predicted molar refractivity (Wildman–Crippen MR) is 63.6 cm³/mol. The number of carboxylic acids is 1. The second-order valence-electron chi connectivity index (χ2n) is 4.37. The van der Waals surface area contributed by atoms with E-state index in [1.54, 1.807) is 0 Å². The maximum Gasteiger partial charge on any atom is 0.308 e. The Kier molecular flexibility index (Phi) is 4.12. The largest absolute Gasteiger partial charge is 0.481 e. The number of benzene rings is 1. The number of nitrogens with one attached hydrogen (secondary N) is 1. The average Bonchev–Trinajstić information content (AvgIpc) is 2.38. The fourth-order valence-corrected chi connectivity index (χ4v) is 2.00. The molecule has 1 fully saturated rings. The van der Waals surface area contributed by atoms with Crippen molar-refractivity contribution in [3.8, 4) is 0 Å². The van der Waals surface area contributed by atoms with Gasteiger partial charge >= 0.3 is 5.97 Å². The van der Waals surface area contributed by atoms with E-state index in [9.17, 15) is 4.79 Å². The molecule has 0 saturated carbocycles. The number of carbonyl (C=O) groups is 1. The lowest BCUT2D eigenvalue weighted by molar-refractivity contribution is -0.146. The van der Waals surface area contributed by atoms with Crippen LogP contribution in [0.3, 0.4) is 0 Å². The molecule has 4 nitrogen and oxygen atoms in total. The molecule has 1 saturated heterocycles. The molecule has 4 heteroatoms. The number of hydrogen-bond donors (Lipinski definition) is 2. The summed E-state index contributed by atoms with van der Waals surface area (Å²) in [5, 5.41) is 12.3. The zero-order chi connectivity index (χ0) is 12.1. The fourth-order valence-electron chi connectivity index (χ4n) is 2.00. The van der Waals surface area contributed by atoms with Gasteiger partial charge in [-0.15, -0.1) is 0 Å². The van der Waals surface area contributed by atoms with Crippen molar-refractivity contribution < 1.29 is 14.6 Å². The van der Waals surface area contributed by atoms with Gasteiger partial charge in [-0.25, -0.2) is 0 Å². The van der Waals surface area contributed by atoms with Gasteiger partial charge in [0.25, 0.3) is 0 Å². The summed E-state index contributed by atoms with van der Waals surface area (Å²) in [6, 6.07) is 10.2. The van der Waals surface area contributed by atoms with Gasteiger partial charge in [0.1, 0.15) is 0 Å². The standard InChI is InChI=1S/C13H17NO3/c15-13(16)11-6-12(9-17-8-11)14-7-10-4-2-1-3-5-10/h1-5,11-12,14H,6-9H2,(H,15,16)/t11-,12-/m1/s1. The Bertz CT molecular complexity index is 366. The minimum Gasteiger partial charge on any atom is -0.481 e. The minimum atomic E-state index is -0.767. The van der Waals surface area contributed by atoms with Crippen LogP contribution in [-0.2, 0) is 16.1 Å². The lowest BCUT2D eigenvalue weighted by atomic mass is 9.98. The van der Waals surface area contributed by atoms with Crippen LogP contribution in [0.2, 0.25) is 0 Å². The molecule has 2 N–H and O–H groups in total. The molecular weight excluding hydrogens is 218 g/mol. The molecule has 1 heterocycles. The number of rotatable bonds is 4. The zero-order valence-electron chi connectivity index (χ0n) is 9.63. The van der Waals surface area contributed by atoms with Crippen LogP contribution in [0.15, 0.2) is 30.3 Å². The number of ether oxygens (including phenoxy) is 1. The monoisotopic (exact) mass is 235 g/mol. The molecule has 2 rings (SSSR count). The van der Waals surface area contributed by atoms with Crippen LogP contribution in [0.4, 0.5) is 0 Å². The van der Waals surface area contributed by atoms with Crippen LogP contribution < -0.4 is 5.32 Å². The van der Waals surface area contributed by atoms with Crippen molar-refractivity contribution in [2.45, 2.75) is 19.0 Å². The van der Waals surface area contributed by atoms with Crippen molar-refractivity contribution >= 4 is 5.97 Å². The highest BCUT2D eigenvalue weighted by Gasteiger charge is 2.27. The number of aliphatic carboxylic acids is 1. The third-order valence-corrected chi connectivity index (χ3v) is 2.99. The molecule has 0 aliphatic carbocycles. The number of hydrogen-bond acceptors (Lipinski definition) is 3. The first-order valence-corrected chi connectivity index (χ1v) is 5.83. The van der Waals surface area contributed by atoms with Crippen LogP contribution >= 0.6 is 0 Å². The minimum absolute atomic E-state index is 0.130. The van der Waals surface area contributed by atoms with E-state index in [1.165, 1.54) is 5.56 Å². The lowest BCUT2D eigenvalue weighted by Crippen LogP contribution is -2.42. The Balaban J connectivity index is 1.81. The second kappa shape index (κ2) is 5.80. The molecule has 92 valence electrons. The van der Waals surface area contributed by atoms with E-state index < -0.39 is 5.97 Å². The topological polar surface area (TPSA) is 58.6 Å². The van der Waals surface area contributed by atoms with Gasteiger partial charge < -0.3 is 15.2 Å². The summed E-state index contributed by atoms with van der Waals surface area (Å²) >= 11 is 0.